The van der Waals surface area contributed by atoms with E-state index in [9.17, 15) is 9.59 Å². The van der Waals surface area contributed by atoms with Crippen molar-refractivity contribution in [2.45, 2.75) is 0 Å². The summed E-state index contributed by atoms with van der Waals surface area (Å²) >= 11 is 0. The molecule has 0 aliphatic carbocycles. The minimum Gasteiger partial charge on any atom is -0.388 e. The second kappa shape index (κ2) is 9.96. The molecule has 0 bridgehead atoms. The van der Waals surface area contributed by atoms with Crippen LogP contribution in [0.5, 0.6) is 0 Å². The fourth-order valence-corrected chi connectivity index (χ4v) is 3.13. The van der Waals surface area contributed by atoms with Gasteiger partial charge in [-0.05, 0) is 54.6 Å². The Balaban J connectivity index is 1.58. The lowest BCUT2D eigenvalue weighted by atomic mass is 10.1. The number of nitrogens with zero attached hydrogens (tertiary/aromatic N) is 2. The maximum absolute atomic E-state index is 12.4. The van der Waals surface area contributed by atoms with Gasteiger partial charge in [0.25, 0.3) is 0 Å². The predicted molar refractivity (Wildman–Crippen MR) is 117 cm³/mol. The fourth-order valence-electron chi connectivity index (χ4n) is 3.13. The number of likely N-dealkylation sites (N-methyl/N-ethyl adjacent to an activating group) is 1. The minimum absolute atomic E-state index is 0.0348. The van der Waals surface area contributed by atoms with Gasteiger partial charge in [-0.3, -0.25) is 9.59 Å². The molecule has 2 aromatic rings. The van der Waals surface area contributed by atoms with E-state index in [-0.39, 0.29) is 11.6 Å². The molecule has 1 aliphatic heterocycles. The summed E-state index contributed by atoms with van der Waals surface area (Å²) < 4.78 is 0. The van der Waals surface area contributed by atoms with Crippen molar-refractivity contribution in [2.24, 2.45) is 0 Å². The molecule has 1 N–H and O–H groups in total. The zero-order valence-electron chi connectivity index (χ0n) is 16.6. The normalized spacial score (nSPS) is 15.3. The van der Waals surface area contributed by atoms with Crippen LogP contribution in [-0.2, 0) is 4.79 Å². The standard InChI is InChI=1S/C24H26N2O3/c1-25-14-16-26(17-15-25)22-10-8-21(9-11-22)24(29)13-7-20-4-2-19(3-5-20)6-12-23(28)18-27/h2-13,27H,14-18H2,1H3/b12-6+,13-7+. The number of anilines is 1. The molecule has 0 saturated carbocycles. The fraction of sp³-hybridized carbons (Fsp3) is 0.250. The highest BCUT2D eigenvalue weighted by Gasteiger charge is 2.14. The lowest BCUT2D eigenvalue weighted by Crippen LogP contribution is -2.44. The average molecular weight is 390 g/mol. The van der Waals surface area contributed by atoms with Crippen LogP contribution in [0, 0.1) is 0 Å². The molecule has 0 amide bonds. The maximum Gasteiger partial charge on any atom is 0.185 e. The summed E-state index contributed by atoms with van der Waals surface area (Å²) in [7, 11) is 2.13. The van der Waals surface area contributed by atoms with Gasteiger partial charge in [-0.1, -0.05) is 36.4 Å². The molecule has 150 valence electrons. The molecule has 5 nitrogen and oxygen atoms in total. The number of hydrogen-bond donors (Lipinski definition) is 1. The van der Waals surface area contributed by atoms with Crippen LogP contribution in [0.1, 0.15) is 21.5 Å². The first kappa shape index (κ1) is 20.7. The van der Waals surface area contributed by atoms with Gasteiger partial charge in [-0.25, -0.2) is 0 Å². The largest absolute Gasteiger partial charge is 0.388 e. The number of benzene rings is 2. The summed E-state index contributed by atoms with van der Waals surface area (Å²) in [5.41, 5.74) is 3.58. The van der Waals surface area contributed by atoms with E-state index in [1.165, 1.54) is 6.08 Å². The van der Waals surface area contributed by atoms with Crippen LogP contribution in [0.4, 0.5) is 5.69 Å². The van der Waals surface area contributed by atoms with Gasteiger partial charge in [0.1, 0.15) is 6.61 Å². The Hall–Kier alpha value is -3.02. The summed E-state index contributed by atoms with van der Waals surface area (Å²) in [6.45, 7) is 3.62. The second-order valence-corrected chi connectivity index (χ2v) is 7.16. The Bertz CT molecular complexity index is 891. The molecule has 1 saturated heterocycles. The van der Waals surface area contributed by atoms with Gasteiger partial charge in [-0.15, -0.1) is 0 Å². The Labute approximate surface area is 171 Å². The number of carbonyl (C=O) groups is 2. The molecule has 1 heterocycles. The molecule has 0 aromatic heterocycles. The summed E-state index contributed by atoms with van der Waals surface area (Å²) in [4.78, 5) is 28.2. The molecule has 0 unspecified atom stereocenters. The summed E-state index contributed by atoms with van der Waals surface area (Å²) in [5, 5.41) is 8.72. The number of rotatable bonds is 7. The molecule has 3 rings (SSSR count). The predicted octanol–water partition coefficient (Wildman–Crippen LogP) is 2.91. The van der Waals surface area contributed by atoms with Gasteiger partial charge in [0.05, 0.1) is 0 Å². The van der Waals surface area contributed by atoms with Crippen LogP contribution < -0.4 is 4.90 Å². The topological polar surface area (TPSA) is 60.9 Å². The van der Waals surface area contributed by atoms with Gasteiger partial charge in [0.2, 0.25) is 0 Å². The van der Waals surface area contributed by atoms with Gasteiger partial charge < -0.3 is 14.9 Å². The third-order valence-corrected chi connectivity index (χ3v) is 5.00. The van der Waals surface area contributed by atoms with E-state index in [0.29, 0.717) is 5.56 Å². The van der Waals surface area contributed by atoms with Crippen molar-refractivity contribution < 1.29 is 14.7 Å². The first-order valence-electron chi connectivity index (χ1n) is 9.73. The van der Waals surface area contributed by atoms with Gasteiger partial charge >= 0.3 is 0 Å². The van der Waals surface area contributed by atoms with Crippen LogP contribution in [-0.4, -0.2) is 61.4 Å². The minimum atomic E-state index is -0.490. The highest BCUT2D eigenvalue weighted by Crippen LogP contribution is 2.18. The van der Waals surface area contributed by atoms with Crippen molar-refractivity contribution in [3.05, 3.63) is 77.4 Å². The average Bonchev–Trinajstić information content (AvgIpc) is 2.77. The number of allylic oxidation sites excluding steroid dienone is 1. The van der Waals surface area contributed by atoms with E-state index < -0.39 is 6.61 Å². The van der Waals surface area contributed by atoms with E-state index in [0.717, 1.165) is 43.0 Å². The molecule has 0 spiro atoms. The van der Waals surface area contributed by atoms with Crippen molar-refractivity contribution >= 4 is 29.4 Å². The molecule has 1 aliphatic rings. The highest BCUT2D eigenvalue weighted by atomic mass is 16.3. The van der Waals surface area contributed by atoms with E-state index >= 15 is 0 Å². The first-order valence-corrected chi connectivity index (χ1v) is 9.73. The van der Waals surface area contributed by atoms with Crippen molar-refractivity contribution in [3.63, 3.8) is 0 Å². The number of aliphatic hydroxyl groups is 1. The lowest BCUT2D eigenvalue weighted by molar-refractivity contribution is -0.117. The van der Waals surface area contributed by atoms with Crippen molar-refractivity contribution in [2.75, 3.05) is 44.7 Å². The number of piperazine rings is 1. The van der Waals surface area contributed by atoms with Crippen molar-refractivity contribution in [1.82, 2.24) is 4.90 Å². The Morgan fingerprint density at radius 2 is 1.41 bits per heavy atom. The summed E-state index contributed by atoms with van der Waals surface area (Å²) in [5.74, 6) is -0.370. The molecular formula is C24H26N2O3. The van der Waals surface area contributed by atoms with Crippen LogP contribution in [0.25, 0.3) is 12.2 Å². The summed E-state index contributed by atoms with van der Waals surface area (Å²) in [6.07, 6.45) is 6.35. The van der Waals surface area contributed by atoms with Crippen LogP contribution >= 0.6 is 0 Å². The number of ketones is 2. The molecule has 29 heavy (non-hydrogen) atoms. The number of carbonyl (C=O) groups excluding carboxylic acids is 2. The SMILES string of the molecule is CN1CCN(c2ccc(C(=O)/C=C/c3ccc(/C=C/C(=O)CO)cc3)cc2)CC1. The van der Waals surface area contributed by atoms with E-state index in [4.69, 9.17) is 5.11 Å². The van der Waals surface area contributed by atoms with Gasteiger partial charge in [0.15, 0.2) is 11.6 Å². The first-order chi connectivity index (χ1) is 14.0. The van der Waals surface area contributed by atoms with E-state index in [2.05, 4.69) is 16.8 Å². The van der Waals surface area contributed by atoms with Gasteiger partial charge in [-0.2, -0.15) is 0 Å². The smallest absolute Gasteiger partial charge is 0.185 e. The van der Waals surface area contributed by atoms with Crippen LogP contribution in [0.2, 0.25) is 0 Å². The Morgan fingerprint density at radius 1 is 0.862 bits per heavy atom. The lowest BCUT2D eigenvalue weighted by Gasteiger charge is -2.34. The Kier molecular flexibility index (Phi) is 7.11. The molecule has 2 aromatic carbocycles. The zero-order valence-corrected chi connectivity index (χ0v) is 16.6. The van der Waals surface area contributed by atoms with Crippen LogP contribution in [0.15, 0.2) is 60.7 Å². The molecular weight excluding hydrogens is 364 g/mol. The molecule has 5 heteroatoms. The Morgan fingerprint density at radius 3 is 1.97 bits per heavy atom. The zero-order chi connectivity index (χ0) is 20.6. The van der Waals surface area contributed by atoms with E-state index in [1.807, 2.05) is 48.5 Å². The summed E-state index contributed by atoms with van der Waals surface area (Å²) in [6, 6.07) is 15.3. The van der Waals surface area contributed by atoms with Crippen molar-refractivity contribution in [1.29, 1.82) is 0 Å². The van der Waals surface area contributed by atoms with E-state index in [1.54, 1.807) is 18.2 Å². The third kappa shape index (κ3) is 5.98. The van der Waals surface area contributed by atoms with Crippen molar-refractivity contribution in [3.8, 4) is 0 Å². The quantitative estimate of drug-likeness (QED) is 0.582. The third-order valence-electron chi connectivity index (χ3n) is 5.00. The highest BCUT2D eigenvalue weighted by molar-refractivity contribution is 6.07. The maximum atomic E-state index is 12.4. The van der Waals surface area contributed by atoms with Crippen LogP contribution in [0.3, 0.4) is 0 Å². The molecule has 0 atom stereocenters. The molecule has 0 radical (unpaired) electrons. The molecule has 1 fully saturated rings. The second-order valence-electron chi connectivity index (χ2n) is 7.16. The number of hydrogen-bond acceptors (Lipinski definition) is 5. The number of aliphatic hydroxyl groups excluding tert-OH is 1. The van der Waals surface area contributed by atoms with Gasteiger partial charge in [0, 0.05) is 37.4 Å². The monoisotopic (exact) mass is 390 g/mol.